The largest absolute Gasteiger partial charge is 0.467 e. The summed E-state index contributed by atoms with van der Waals surface area (Å²) in [5.41, 5.74) is 0.397. The van der Waals surface area contributed by atoms with Gasteiger partial charge in [-0.1, -0.05) is 10.3 Å². The van der Waals surface area contributed by atoms with Crippen LogP contribution < -0.4 is 5.32 Å². The minimum absolute atomic E-state index is 0.0402. The highest BCUT2D eigenvalue weighted by Gasteiger charge is 2.57. The number of carbonyl (C=O) groups is 2. The second kappa shape index (κ2) is 7.06. The summed E-state index contributed by atoms with van der Waals surface area (Å²) in [5.74, 6) is 0.556. The molecule has 1 spiro atoms. The van der Waals surface area contributed by atoms with Gasteiger partial charge in [0.25, 0.3) is 11.8 Å². The molecule has 3 aliphatic rings. The van der Waals surface area contributed by atoms with Gasteiger partial charge in [0.2, 0.25) is 5.76 Å². The average molecular weight is 398 g/mol. The van der Waals surface area contributed by atoms with Crippen LogP contribution in [0.25, 0.3) is 0 Å². The molecule has 152 valence electrons. The van der Waals surface area contributed by atoms with Crippen LogP contribution in [0.2, 0.25) is 0 Å². The van der Waals surface area contributed by atoms with Crippen molar-refractivity contribution in [1.82, 2.24) is 15.4 Å². The number of aromatic nitrogens is 1. The first kappa shape index (κ1) is 18.0. The summed E-state index contributed by atoms with van der Waals surface area (Å²) in [6.45, 7) is 1.54. The lowest BCUT2D eigenvalue weighted by atomic mass is 9.68. The highest BCUT2D eigenvalue weighted by Crippen LogP contribution is 2.54. The molecule has 0 radical (unpaired) electrons. The van der Waals surface area contributed by atoms with Crippen LogP contribution in [0.1, 0.15) is 42.0 Å². The van der Waals surface area contributed by atoms with Gasteiger partial charge in [-0.2, -0.15) is 0 Å². The highest BCUT2D eigenvalue weighted by molar-refractivity contribution is 6.40. The summed E-state index contributed by atoms with van der Waals surface area (Å²) in [5, 5.41) is 10.6. The first-order valence-electron chi connectivity index (χ1n) is 9.90. The van der Waals surface area contributed by atoms with E-state index in [-0.39, 0.29) is 35.0 Å². The van der Waals surface area contributed by atoms with Crippen LogP contribution in [0.4, 0.5) is 0 Å². The topological polar surface area (TPSA) is 110 Å². The van der Waals surface area contributed by atoms with Crippen molar-refractivity contribution in [2.24, 2.45) is 16.5 Å². The first-order valence-corrected chi connectivity index (χ1v) is 9.90. The number of furan rings is 1. The molecular formula is C20H22N4O5. The number of fused-ring (bicyclic) bond motifs is 2. The van der Waals surface area contributed by atoms with Gasteiger partial charge in [-0.15, -0.1) is 0 Å². The third-order valence-corrected chi connectivity index (χ3v) is 6.47. The summed E-state index contributed by atoms with van der Waals surface area (Å²) in [6.07, 6.45) is 6.45. The molecule has 5 rings (SSSR count). The summed E-state index contributed by atoms with van der Waals surface area (Å²) in [6, 6.07) is 5.18. The van der Waals surface area contributed by atoms with Crippen molar-refractivity contribution < 1.29 is 23.4 Å². The molecule has 1 saturated heterocycles. The highest BCUT2D eigenvalue weighted by atomic mass is 16.6. The minimum Gasteiger partial charge on any atom is -0.467 e. The Balaban J connectivity index is 1.26. The second-order valence-electron chi connectivity index (χ2n) is 7.93. The van der Waals surface area contributed by atoms with E-state index in [2.05, 4.69) is 15.6 Å². The van der Waals surface area contributed by atoms with E-state index in [1.54, 1.807) is 23.3 Å². The number of carbonyl (C=O) groups excluding carboxylic acids is 2. The van der Waals surface area contributed by atoms with E-state index in [4.69, 9.17) is 13.8 Å². The Labute approximate surface area is 167 Å². The molecule has 1 aliphatic carbocycles. The number of hydrogen-bond donors (Lipinski definition) is 1. The van der Waals surface area contributed by atoms with E-state index < -0.39 is 0 Å². The quantitative estimate of drug-likeness (QED) is 0.843. The Hall–Kier alpha value is -3.10. The van der Waals surface area contributed by atoms with Gasteiger partial charge in [-0.3, -0.25) is 9.59 Å². The Kier molecular flexibility index (Phi) is 4.37. The van der Waals surface area contributed by atoms with Gasteiger partial charge in [-0.25, -0.2) is 0 Å². The van der Waals surface area contributed by atoms with E-state index in [1.807, 2.05) is 6.07 Å². The minimum atomic E-state index is -0.213. The fraction of sp³-hybridized carbons (Fsp3) is 0.500. The Bertz CT molecular complexity index is 913. The van der Waals surface area contributed by atoms with Gasteiger partial charge in [0.15, 0.2) is 5.71 Å². The van der Waals surface area contributed by atoms with Crippen molar-refractivity contribution in [2.45, 2.75) is 38.3 Å². The normalized spacial score (nSPS) is 24.8. The average Bonchev–Trinajstić information content (AvgIpc) is 3.53. The van der Waals surface area contributed by atoms with Crippen LogP contribution in [0, 0.1) is 11.3 Å². The number of oxime groups is 1. The van der Waals surface area contributed by atoms with Gasteiger partial charge in [-0.05, 0) is 43.2 Å². The molecule has 0 bridgehead atoms. The first-order chi connectivity index (χ1) is 14.2. The van der Waals surface area contributed by atoms with E-state index in [0.717, 1.165) is 25.7 Å². The maximum Gasteiger partial charge on any atom is 0.292 e. The molecule has 0 aromatic carbocycles. The van der Waals surface area contributed by atoms with Crippen LogP contribution in [0.5, 0.6) is 0 Å². The molecule has 1 saturated carbocycles. The monoisotopic (exact) mass is 398 g/mol. The molecule has 4 heterocycles. The summed E-state index contributed by atoms with van der Waals surface area (Å²) >= 11 is 0. The molecule has 0 unspecified atom stereocenters. The molecule has 2 fully saturated rings. The number of hydrogen-bond acceptors (Lipinski definition) is 7. The maximum atomic E-state index is 12.8. The van der Waals surface area contributed by atoms with Gasteiger partial charge < -0.3 is 24.0 Å². The number of amides is 2. The van der Waals surface area contributed by atoms with Gasteiger partial charge in [0, 0.05) is 19.2 Å². The Morgan fingerprint density at radius 2 is 2.10 bits per heavy atom. The second-order valence-corrected chi connectivity index (χ2v) is 7.93. The van der Waals surface area contributed by atoms with Gasteiger partial charge in [0.1, 0.15) is 11.9 Å². The number of nitrogens with zero attached hydrogens (tertiary/aromatic N) is 3. The molecule has 9 nitrogen and oxygen atoms in total. The maximum absolute atomic E-state index is 12.8. The smallest absolute Gasteiger partial charge is 0.292 e. The van der Waals surface area contributed by atoms with Crippen molar-refractivity contribution >= 4 is 17.5 Å². The third-order valence-electron chi connectivity index (χ3n) is 6.47. The zero-order valence-corrected chi connectivity index (χ0v) is 15.9. The number of rotatable bonds is 4. The van der Waals surface area contributed by atoms with E-state index in [1.165, 1.54) is 6.20 Å². The molecule has 2 aromatic rings. The lowest BCUT2D eigenvalue weighted by molar-refractivity contribution is -0.115. The molecule has 29 heavy (non-hydrogen) atoms. The lowest BCUT2D eigenvalue weighted by Crippen LogP contribution is -2.49. The standard InChI is InChI=1S/C20H22N4O5/c25-18(21-12-13-2-1-11-27-13)17-16-14(29-23-17)3-5-20(16)6-9-24(10-7-20)19(26)15-4-8-22-28-15/h1-2,4,8,11,14,16H,3,5-7,9-10,12H2,(H,21,25)/t14-,16+/m1/s1. The van der Waals surface area contributed by atoms with Crippen LogP contribution in [0.3, 0.4) is 0 Å². The zero-order chi connectivity index (χ0) is 19.8. The third kappa shape index (κ3) is 3.10. The predicted molar refractivity (Wildman–Crippen MR) is 99.7 cm³/mol. The molecule has 2 aliphatic heterocycles. The van der Waals surface area contributed by atoms with Crippen LogP contribution >= 0.6 is 0 Å². The fourth-order valence-corrected chi connectivity index (χ4v) is 4.96. The molecule has 9 heteroatoms. The van der Waals surface area contributed by atoms with Crippen molar-refractivity contribution in [3.8, 4) is 0 Å². The number of likely N-dealkylation sites (tertiary alicyclic amines) is 1. The molecule has 2 amide bonds. The Morgan fingerprint density at radius 3 is 2.83 bits per heavy atom. The summed E-state index contributed by atoms with van der Waals surface area (Å²) < 4.78 is 10.3. The molecule has 1 N–H and O–H groups in total. The van der Waals surface area contributed by atoms with Gasteiger partial charge in [0.05, 0.1) is 24.9 Å². The van der Waals surface area contributed by atoms with Crippen molar-refractivity contribution in [2.75, 3.05) is 13.1 Å². The fourth-order valence-electron chi connectivity index (χ4n) is 4.96. The molecule has 2 aromatic heterocycles. The number of piperidine rings is 1. The molecular weight excluding hydrogens is 376 g/mol. The van der Waals surface area contributed by atoms with Crippen LogP contribution in [0.15, 0.2) is 44.8 Å². The van der Waals surface area contributed by atoms with Crippen LogP contribution in [-0.4, -0.2) is 46.8 Å². The van der Waals surface area contributed by atoms with E-state index in [9.17, 15) is 9.59 Å². The van der Waals surface area contributed by atoms with Crippen molar-refractivity contribution in [3.63, 3.8) is 0 Å². The zero-order valence-electron chi connectivity index (χ0n) is 15.9. The van der Waals surface area contributed by atoms with Crippen LogP contribution in [-0.2, 0) is 16.2 Å². The molecule has 2 atom stereocenters. The van der Waals surface area contributed by atoms with E-state index >= 15 is 0 Å². The SMILES string of the molecule is O=C(NCc1ccco1)C1=NO[C@@H]2CCC3(CCN(C(=O)c4ccno4)CC3)[C@H]12. The number of nitrogens with one attached hydrogen (secondary N) is 1. The summed E-state index contributed by atoms with van der Waals surface area (Å²) in [4.78, 5) is 32.7. The Morgan fingerprint density at radius 1 is 1.24 bits per heavy atom. The van der Waals surface area contributed by atoms with Crippen molar-refractivity contribution in [3.05, 3.63) is 42.2 Å². The van der Waals surface area contributed by atoms with E-state index in [0.29, 0.717) is 31.1 Å². The van der Waals surface area contributed by atoms with Crippen molar-refractivity contribution in [1.29, 1.82) is 0 Å². The predicted octanol–water partition coefficient (Wildman–Crippen LogP) is 1.97. The summed E-state index contributed by atoms with van der Waals surface area (Å²) in [7, 11) is 0. The van der Waals surface area contributed by atoms with Gasteiger partial charge >= 0.3 is 0 Å². The lowest BCUT2D eigenvalue weighted by Gasteiger charge is -2.42.